The summed E-state index contributed by atoms with van der Waals surface area (Å²) in [7, 11) is 0. The van der Waals surface area contributed by atoms with Crippen LogP contribution in [0.5, 0.6) is 0 Å². The maximum atomic E-state index is 13.1. The smallest absolute Gasteiger partial charge is 0.269 e. The fraction of sp³-hybridized carbons (Fsp3) is 0.529. The van der Waals surface area contributed by atoms with Gasteiger partial charge in [-0.1, -0.05) is 46.6 Å². The molecule has 0 aliphatic carbocycles. The molecule has 4 nitrogen and oxygen atoms in total. The molecule has 0 heterocycles. The number of carbonyl (C=O) groups is 2. The van der Waals surface area contributed by atoms with Crippen LogP contribution in [-0.2, 0) is 4.79 Å². The van der Waals surface area contributed by atoms with Gasteiger partial charge in [0.2, 0.25) is 5.91 Å². The molecule has 0 fully saturated rings. The van der Waals surface area contributed by atoms with E-state index in [0.717, 1.165) is 25.3 Å². The second-order valence-corrected chi connectivity index (χ2v) is 6.51. The first-order valence-corrected chi connectivity index (χ1v) is 7.61. The van der Waals surface area contributed by atoms with E-state index < -0.39 is 11.7 Å². The Morgan fingerprint density at radius 3 is 2.45 bits per heavy atom. The van der Waals surface area contributed by atoms with E-state index in [1.165, 1.54) is 18.2 Å². The summed E-state index contributed by atoms with van der Waals surface area (Å²) in [6, 6.07) is 5.32. The Morgan fingerprint density at radius 2 is 1.91 bits per heavy atom. The Bertz CT molecular complexity index is 524. The molecule has 5 heteroatoms. The van der Waals surface area contributed by atoms with E-state index in [2.05, 4.69) is 17.8 Å². The zero-order chi connectivity index (χ0) is 16.8. The summed E-state index contributed by atoms with van der Waals surface area (Å²) in [5.41, 5.74) is 4.78. The molecule has 0 aromatic heterocycles. The minimum absolute atomic E-state index is 0.168. The van der Waals surface area contributed by atoms with E-state index in [1.807, 2.05) is 20.8 Å². The molecule has 0 aliphatic heterocycles. The minimum Gasteiger partial charge on any atom is -0.273 e. The van der Waals surface area contributed by atoms with Crippen LogP contribution in [0, 0.1) is 17.2 Å². The van der Waals surface area contributed by atoms with Gasteiger partial charge in [-0.3, -0.25) is 20.4 Å². The molecule has 22 heavy (non-hydrogen) atoms. The van der Waals surface area contributed by atoms with Gasteiger partial charge < -0.3 is 0 Å². The average molecular weight is 308 g/mol. The molecular weight excluding hydrogens is 283 g/mol. The van der Waals surface area contributed by atoms with Crippen molar-refractivity contribution in [2.45, 2.75) is 47.0 Å². The average Bonchev–Trinajstić information content (AvgIpc) is 2.43. The van der Waals surface area contributed by atoms with Crippen molar-refractivity contribution >= 4 is 11.8 Å². The van der Waals surface area contributed by atoms with Crippen LogP contribution in [0.1, 0.15) is 57.3 Å². The molecule has 0 bridgehead atoms. The van der Waals surface area contributed by atoms with Crippen molar-refractivity contribution in [3.05, 3.63) is 35.6 Å². The van der Waals surface area contributed by atoms with Gasteiger partial charge in [0.25, 0.3) is 5.91 Å². The predicted molar refractivity (Wildman–Crippen MR) is 84.5 cm³/mol. The number of benzene rings is 1. The Morgan fingerprint density at radius 1 is 1.23 bits per heavy atom. The van der Waals surface area contributed by atoms with Crippen molar-refractivity contribution in [1.29, 1.82) is 0 Å². The molecule has 1 rings (SSSR count). The molecule has 2 N–H and O–H groups in total. The third kappa shape index (κ3) is 5.47. The lowest BCUT2D eigenvalue weighted by atomic mass is 9.77. The zero-order valence-corrected chi connectivity index (χ0v) is 13.7. The summed E-state index contributed by atoms with van der Waals surface area (Å²) in [5.74, 6) is -1.43. The molecule has 122 valence electrons. The van der Waals surface area contributed by atoms with Gasteiger partial charge in [0.1, 0.15) is 5.82 Å². The summed E-state index contributed by atoms with van der Waals surface area (Å²) >= 11 is 0. The molecule has 0 aliphatic rings. The van der Waals surface area contributed by atoms with Crippen molar-refractivity contribution in [3.8, 4) is 0 Å². The highest BCUT2D eigenvalue weighted by Gasteiger charge is 2.30. The Hall–Kier alpha value is -1.91. The number of amides is 2. The molecule has 2 amide bonds. The third-order valence-corrected chi connectivity index (χ3v) is 3.59. The molecule has 1 aromatic carbocycles. The molecule has 0 spiro atoms. The molecule has 0 saturated heterocycles. The fourth-order valence-electron chi connectivity index (χ4n) is 2.27. The SMILES string of the molecule is CCCCC(C(=O)NNC(=O)c1cccc(F)c1)C(C)(C)C. The van der Waals surface area contributed by atoms with Crippen molar-refractivity contribution in [2.75, 3.05) is 0 Å². The van der Waals surface area contributed by atoms with E-state index in [9.17, 15) is 14.0 Å². The van der Waals surface area contributed by atoms with Crippen LogP contribution in [0.3, 0.4) is 0 Å². The van der Waals surface area contributed by atoms with Gasteiger partial charge in [0.05, 0.1) is 0 Å². The summed E-state index contributed by atoms with van der Waals surface area (Å²) < 4.78 is 13.1. The summed E-state index contributed by atoms with van der Waals surface area (Å²) in [6.07, 6.45) is 2.73. The number of hydrogen-bond acceptors (Lipinski definition) is 2. The van der Waals surface area contributed by atoms with Crippen LogP contribution in [0.2, 0.25) is 0 Å². The third-order valence-electron chi connectivity index (χ3n) is 3.59. The maximum Gasteiger partial charge on any atom is 0.269 e. The molecule has 0 saturated carbocycles. The van der Waals surface area contributed by atoms with E-state index in [0.29, 0.717) is 0 Å². The Balaban J connectivity index is 2.64. The van der Waals surface area contributed by atoms with E-state index in [-0.39, 0.29) is 22.8 Å². The standard InChI is InChI=1S/C17H25FN2O2/c1-5-6-10-14(17(2,3)4)16(22)20-19-15(21)12-8-7-9-13(18)11-12/h7-9,11,14H,5-6,10H2,1-4H3,(H,19,21)(H,20,22). The van der Waals surface area contributed by atoms with Crippen LogP contribution in [0.4, 0.5) is 4.39 Å². The summed E-state index contributed by atoms with van der Waals surface area (Å²) in [4.78, 5) is 24.2. The first-order valence-electron chi connectivity index (χ1n) is 7.61. The van der Waals surface area contributed by atoms with Crippen LogP contribution < -0.4 is 10.9 Å². The van der Waals surface area contributed by atoms with E-state index >= 15 is 0 Å². The number of hydrazine groups is 1. The van der Waals surface area contributed by atoms with Crippen LogP contribution in [0.25, 0.3) is 0 Å². The van der Waals surface area contributed by atoms with Crippen molar-refractivity contribution in [3.63, 3.8) is 0 Å². The predicted octanol–water partition coefficient (Wildman–Crippen LogP) is 3.44. The van der Waals surface area contributed by atoms with Gasteiger partial charge in [0, 0.05) is 11.5 Å². The monoisotopic (exact) mass is 308 g/mol. The van der Waals surface area contributed by atoms with Gasteiger partial charge in [0.15, 0.2) is 0 Å². The van der Waals surface area contributed by atoms with Gasteiger partial charge in [-0.2, -0.15) is 0 Å². The second kappa shape index (κ2) is 7.92. The van der Waals surface area contributed by atoms with Crippen molar-refractivity contribution in [1.82, 2.24) is 10.9 Å². The molecule has 1 atom stereocenters. The van der Waals surface area contributed by atoms with Crippen LogP contribution in [0.15, 0.2) is 24.3 Å². The molecular formula is C17H25FN2O2. The highest BCUT2D eigenvalue weighted by atomic mass is 19.1. The largest absolute Gasteiger partial charge is 0.273 e. The highest BCUT2D eigenvalue weighted by Crippen LogP contribution is 2.30. The Kier molecular flexibility index (Phi) is 6.53. The Labute approximate surface area is 131 Å². The first-order chi connectivity index (χ1) is 10.3. The number of rotatable bonds is 5. The fourth-order valence-corrected chi connectivity index (χ4v) is 2.27. The number of nitrogens with one attached hydrogen (secondary N) is 2. The zero-order valence-electron chi connectivity index (χ0n) is 13.7. The normalized spacial score (nSPS) is 12.6. The molecule has 0 radical (unpaired) electrons. The van der Waals surface area contributed by atoms with Crippen molar-refractivity contribution < 1.29 is 14.0 Å². The maximum absolute atomic E-state index is 13.1. The van der Waals surface area contributed by atoms with Gasteiger partial charge in [-0.15, -0.1) is 0 Å². The minimum atomic E-state index is -0.531. The first kappa shape index (κ1) is 18.1. The quantitative estimate of drug-likeness (QED) is 0.819. The topological polar surface area (TPSA) is 58.2 Å². The van der Waals surface area contributed by atoms with Gasteiger partial charge in [-0.05, 0) is 30.0 Å². The number of hydrogen-bond donors (Lipinski definition) is 2. The van der Waals surface area contributed by atoms with Crippen molar-refractivity contribution in [2.24, 2.45) is 11.3 Å². The van der Waals surface area contributed by atoms with Crippen LogP contribution >= 0.6 is 0 Å². The molecule has 1 aromatic rings. The summed E-state index contributed by atoms with van der Waals surface area (Å²) in [5, 5.41) is 0. The van der Waals surface area contributed by atoms with Crippen LogP contribution in [-0.4, -0.2) is 11.8 Å². The van der Waals surface area contributed by atoms with E-state index in [1.54, 1.807) is 0 Å². The lowest BCUT2D eigenvalue weighted by molar-refractivity contribution is -0.129. The van der Waals surface area contributed by atoms with Gasteiger partial charge in [-0.25, -0.2) is 4.39 Å². The lowest BCUT2D eigenvalue weighted by Gasteiger charge is -2.29. The number of unbranched alkanes of at least 4 members (excludes halogenated alkanes) is 1. The van der Waals surface area contributed by atoms with Gasteiger partial charge >= 0.3 is 0 Å². The summed E-state index contributed by atoms with van der Waals surface area (Å²) in [6.45, 7) is 8.08. The number of halogens is 1. The highest BCUT2D eigenvalue weighted by molar-refractivity contribution is 5.95. The van der Waals surface area contributed by atoms with E-state index in [4.69, 9.17) is 0 Å². The molecule has 1 unspecified atom stereocenters. The lowest BCUT2D eigenvalue weighted by Crippen LogP contribution is -2.47. The second-order valence-electron chi connectivity index (χ2n) is 6.51. The number of carbonyl (C=O) groups excluding carboxylic acids is 2.